The molecule has 0 atom stereocenters. The van der Waals surface area contributed by atoms with Crippen LogP contribution in [0.2, 0.25) is 0 Å². The standard InChI is InChI=1S/C25H32N2OS/c1-7-10-21(11-8-2)17-27-19(6)23(16-26-28)24(18(4)5)25(27)29-22-14-12-20(9-3)13-15-22/h7-8,10-15,18H,1,9,16-17H2,2-6H3/b11-8-,21-10+. The molecule has 29 heavy (non-hydrogen) atoms. The van der Waals surface area contributed by atoms with Gasteiger partial charge in [-0.3, -0.25) is 0 Å². The minimum Gasteiger partial charge on any atom is -0.335 e. The van der Waals surface area contributed by atoms with Gasteiger partial charge in [0.1, 0.15) is 6.54 Å². The molecule has 1 aromatic carbocycles. The van der Waals surface area contributed by atoms with E-state index in [0.717, 1.165) is 24.2 Å². The summed E-state index contributed by atoms with van der Waals surface area (Å²) in [5.74, 6) is 0.303. The number of hydrogen-bond acceptors (Lipinski definition) is 3. The Balaban J connectivity index is 2.62. The molecule has 1 heterocycles. The van der Waals surface area contributed by atoms with Crippen molar-refractivity contribution in [2.24, 2.45) is 5.18 Å². The molecular weight excluding hydrogens is 376 g/mol. The molecular formula is C25H32N2OS. The van der Waals surface area contributed by atoms with E-state index in [1.54, 1.807) is 11.8 Å². The van der Waals surface area contributed by atoms with Crippen LogP contribution in [0.1, 0.15) is 56.0 Å². The summed E-state index contributed by atoms with van der Waals surface area (Å²) in [6.07, 6.45) is 9.05. The highest BCUT2D eigenvalue weighted by atomic mass is 32.2. The maximum atomic E-state index is 11.2. The number of hydrogen-bond donors (Lipinski definition) is 0. The molecule has 2 rings (SSSR count). The Morgan fingerprint density at radius 1 is 1.28 bits per heavy atom. The molecule has 0 aliphatic rings. The smallest absolute Gasteiger partial charge is 0.108 e. The maximum absolute atomic E-state index is 11.2. The van der Waals surface area contributed by atoms with E-state index >= 15 is 0 Å². The quantitative estimate of drug-likeness (QED) is 0.300. The molecule has 0 N–H and O–H groups in total. The lowest BCUT2D eigenvalue weighted by Gasteiger charge is -2.15. The lowest BCUT2D eigenvalue weighted by Crippen LogP contribution is -2.04. The van der Waals surface area contributed by atoms with Gasteiger partial charge in [0.05, 0.1) is 5.03 Å². The van der Waals surface area contributed by atoms with Crippen LogP contribution in [0.4, 0.5) is 0 Å². The van der Waals surface area contributed by atoms with Crippen molar-refractivity contribution in [2.45, 2.75) is 70.0 Å². The summed E-state index contributed by atoms with van der Waals surface area (Å²) in [5.41, 5.74) is 5.90. The van der Waals surface area contributed by atoms with E-state index in [-0.39, 0.29) is 6.54 Å². The van der Waals surface area contributed by atoms with Gasteiger partial charge in [0.15, 0.2) is 0 Å². The van der Waals surface area contributed by atoms with Gasteiger partial charge >= 0.3 is 0 Å². The Kier molecular flexibility index (Phi) is 8.71. The number of nitrogens with zero attached hydrogens (tertiary/aromatic N) is 2. The normalized spacial score (nSPS) is 12.1. The second-order valence-electron chi connectivity index (χ2n) is 7.39. The van der Waals surface area contributed by atoms with Crippen LogP contribution in [-0.2, 0) is 19.5 Å². The Hall–Kier alpha value is -2.33. The molecule has 0 amide bonds. The molecule has 0 saturated carbocycles. The van der Waals surface area contributed by atoms with Crippen LogP contribution >= 0.6 is 11.8 Å². The number of allylic oxidation sites excluding steroid dienone is 5. The number of aryl methyl sites for hydroxylation is 1. The topological polar surface area (TPSA) is 34.4 Å². The number of benzene rings is 1. The first-order valence-corrected chi connectivity index (χ1v) is 11.0. The third-order valence-electron chi connectivity index (χ3n) is 5.04. The van der Waals surface area contributed by atoms with E-state index in [1.165, 1.54) is 26.6 Å². The van der Waals surface area contributed by atoms with Crippen LogP contribution in [-0.4, -0.2) is 4.57 Å². The zero-order valence-corrected chi connectivity index (χ0v) is 19.1. The predicted molar refractivity (Wildman–Crippen MR) is 126 cm³/mol. The van der Waals surface area contributed by atoms with Crippen molar-refractivity contribution >= 4 is 11.8 Å². The van der Waals surface area contributed by atoms with Gasteiger partial charge in [-0.05, 0) is 55.0 Å². The van der Waals surface area contributed by atoms with Crippen LogP contribution in [0, 0.1) is 11.8 Å². The van der Waals surface area contributed by atoms with Gasteiger partial charge in [0.2, 0.25) is 0 Å². The molecule has 0 aliphatic heterocycles. The summed E-state index contributed by atoms with van der Waals surface area (Å²) in [6, 6.07) is 8.75. The third kappa shape index (κ3) is 5.60. The molecule has 2 aromatic rings. The first kappa shape index (κ1) is 23.0. The van der Waals surface area contributed by atoms with Gasteiger partial charge in [0, 0.05) is 22.7 Å². The van der Waals surface area contributed by atoms with Crippen molar-refractivity contribution in [1.82, 2.24) is 4.57 Å². The first-order valence-electron chi connectivity index (χ1n) is 10.2. The van der Waals surface area contributed by atoms with Crippen LogP contribution < -0.4 is 0 Å². The number of aromatic nitrogens is 1. The zero-order chi connectivity index (χ0) is 21.4. The van der Waals surface area contributed by atoms with Crippen LogP contribution in [0.3, 0.4) is 0 Å². The molecule has 3 nitrogen and oxygen atoms in total. The Morgan fingerprint density at radius 2 is 1.97 bits per heavy atom. The Bertz CT molecular complexity index is 902. The predicted octanol–water partition coefficient (Wildman–Crippen LogP) is 7.59. The lowest BCUT2D eigenvalue weighted by molar-refractivity contribution is 0.689. The van der Waals surface area contributed by atoms with Gasteiger partial charge in [-0.25, -0.2) is 0 Å². The van der Waals surface area contributed by atoms with Gasteiger partial charge in [0.25, 0.3) is 0 Å². The molecule has 0 saturated heterocycles. The highest BCUT2D eigenvalue weighted by Crippen LogP contribution is 2.40. The molecule has 4 heteroatoms. The van der Waals surface area contributed by atoms with Crippen LogP contribution in [0.25, 0.3) is 0 Å². The molecule has 0 aliphatic carbocycles. The van der Waals surface area contributed by atoms with E-state index in [0.29, 0.717) is 5.92 Å². The largest absolute Gasteiger partial charge is 0.335 e. The van der Waals surface area contributed by atoms with E-state index in [9.17, 15) is 4.91 Å². The highest BCUT2D eigenvalue weighted by molar-refractivity contribution is 7.99. The average Bonchev–Trinajstić information content (AvgIpc) is 2.95. The van der Waals surface area contributed by atoms with Crippen molar-refractivity contribution in [2.75, 3.05) is 0 Å². The monoisotopic (exact) mass is 408 g/mol. The van der Waals surface area contributed by atoms with Gasteiger partial charge in [-0.1, -0.05) is 80.7 Å². The average molecular weight is 409 g/mol. The molecule has 0 radical (unpaired) electrons. The zero-order valence-electron chi connectivity index (χ0n) is 18.2. The molecule has 0 spiro atoms. The van der Waals surface area contributed by atoms with Crippen molar-refractivity contribution in [3.05, 3.63) is 88.0 Å². The molecule has 154 valence electrons. The van der Waals surface area contributed by atoms with Gasteiger partial charge in [-0.15, -0.1) is 0 Å². The van der Waals surface area contributed by atoms with E-state index in [1.807, 2.05) is 25.2 Å². The van der Waals surface area contributed by atoms with E-state index < -0.39 is 0 Å². The van der Waals surface area contributed by atoms with Gasteiger partial charge in [-0.2, -0.15) is 4.91 Å². The van der Waals surface area contributed by atoms with Crippen molar-refractivity contribution in [3.63, 3.8) is 0 Å². The fourth-order valence-corrected chi connectivity index (χ4v) is 4.83. The summed E-state index contributed by atoms with van der Waals surface area (Å²) in [5, 5.41) is 4.42. The summed E-state index contributed by atoms with van der Waals surface area (Å²) in [7, 11) is 0. The Morgan fingerprint density at radius 3 is 2.48 bits per heavy atom. The lowest BCUT2D eigenvalue weighted by atomic mass is 10.0. The summed E-state index contributed by atoms with van der Waals surface area (Å²) in [6.45, 7) is 15.4. The molecule has 0 bridgehead atoms. The second-order valence-corrected chi connectivity index (χ2v) is 8.45. The fourth-order valence-electron chi connectivity index (χ4n) is 3.56. The van der Waals surface area contributed by atoms with Crippen molar-refractivity contribution in [1.29, 1.82) is 0 Å². The Labute approximate surface area is 179 Å². The first-order chi connectivity index (χ1) is 14.0. The summed E-state index contributed by atoms with van der Waals surface area (Å²) >= 11 is 1.77. The van der Waals surface area contributed by atoms with Gasteiger partial charge < -0.3 is 4.57 Å². The minimum absolute atomic E-state index is 0.207. The molecule has 0 unspecified atom stereocenters. The third-order valence-corrected chi connectivity index (χ3v) is 6.18. The summed E-state index contributed by atoms with van der Waals surface area (Å²) < 4.78 is 2.32. The van der Waals surface area contributed by atoms with Crippen molar-refractivity contribution in [3.8, 4) is 0 Å². The number of nitroso groups, excluding NO2 is 1. The van der Waals surface area contributed by atoms with E-state index in [2.05, 4.69) is 74.4 Å². The van der Waals surface area contributed by atoms with Crippen LogP contribution in [0.5, 0.6) is 0 Å². The highest BCUT2D eigenvalue weighted by Gasteiger charge is 2.23. The summed E-state index contributed by atoms with van der Waals surface area (Å²) in [4.78, 5) is 12.4. The minimum atomic E-state index is 0.207. The van der Waals surface area contributed by atoms with Crippen LogP contribution in [0.15, 0.2) is 75.8 Å². The van der Waals surface area contributed by atoms with E-state index in [4.69, 9.17) is 0 Å². The SMILES string of the molecule is C=C/C=C(\C=C/C)Cn1c(C)c(CN=O)c(C(C)C)c1Sc1ccc(CC)cc1. The molecule has 0 fully saturated rings. The van der Waals surface area contributed by atoms with Crippen molar-refractivity contribution < 1.29 is 0 Å². The number of rotatable bonds is 10. The maximum Gasteiger partial charge on any atom is 0.108 e. The molecule has 1 aromatic heterocycles. The second kappa shape index (κ2) is 11.0. The fraction of sp³-hybridized carbons (Fsp3) is 0.360.